The van der Waals surface area contributed by atoms with E-state index in [-0.39, 0.29) is 49.6 Å². The maximum absolute atomic E-state index is 13.8. The number of piperazine rings is 1. The molecule has 3 aromatic rings. The fourth-order valence-corrected chi connectivity index (χ4v) is 7.20. The predicted molar refractivity (Wildman–Crippen MR) is 169 cm³/mol. The third-order valence-corrected chi connectivity index (χ3v) is 9.62. The van der Waals surface area contributed by atoms with Crippen molar-refractivity contribution in [2.75, 3.05) is 50.5 Å². The van der Waals surface area contributed by atoms with E-state index in [1.807, 2.05) is 4.90 Å². The summed E-state index contributed by atoms with van der Waals surface area (Å²) in [5.41, 5.74) is 1.99. The summed E-state index contributed by atoms with van der Waals surface area (Å²) in [5.74, 6) is -0.318. The Hall–Kier alpha value is -3.78. The number of ether oxygens (including phenoxy) is 1. The van der Waals surface area contributed by atoms with Crippen molar-refractivity contribution in [1.82, 2.24) is 19.2 Å². The van der Waals surface area contributed by atoms with Crippen LogP contribution < -0.4 is 20.5 Å². The minimum Gasteiger partial charge on any atom is -0.496 e. The molecule has 0 saturated carbocycles. The van der Waals surface area contributed by atoms with Gasteiger partial charge in [-0.15, -0.1) is 6.58 Å². The monoisotopic (exact) mass is 651 g/mol. The lowest BCUT2D eigenvalue weighted by Gasteiger charge is -2.36. The van der Waals surface area contributed by atoms with Crippen LogP contribution in [0.3, 0.4) is 0 Å². The summed E-state index contributed by atoms with van der Waals surface area (Å²) in [6.07, 6.45) is 1.77. The minimum atomic E-state index is -4.31. The highest BCUT2D eigenvalue weighted by molar-refractivity contribution is 7.90. The number of carbonyl (C=O) groups excluding carboxylic acids is 1. The van der Waals surface area contributed by atoms with E-state index in [4.69, 9.17) is 4.74 Å². The summed E-state index contributed by atoms with van der Waals surface area (Å²) < 4.78 is 72.6. The zero-order valence-corrected chi connectivity index (χ0v) is 26.6. The fourth-order valence-electron chi connectivity index (χ4n) is 5.67. The summed E-state index contributed by atoms with van der Waals surface area (Å²) in [5, 5.41) is 3.21. The molecule has 2 N–H and O–H groups in total. The maximum Gasteiger partial charge on any atom is 0.401 e. The minimum absolute atomic E-state index is 0.0920. The van der Waals surface area contributed by atoms with Gasteiger partial charge in [0.05, 0.1) is 42.6 Å². The number of alkyl halides is 3. The quantitative estimate of drug-likeness (QED) is 0.207. The van der Waals surface area contributed by atoms with Gasteiger partial charge < -0.3 is 19.9 Å². The van der Waals surface area contributed by atoms with Gasteiger partial charge in [0.25, 0.3) is 11.5 Å². The number of amides is 1. The molecule has 1 aromatic carbocycles. The first-order valence-electron chi connectivity index (χ1n) is 14.8. The van der Waals surface area contributed by atoms with Gasteiger partial charge >= 0.3 is 6.18 Å². The number of H-pyrrole nitrogens is 1. The number of allylic oxidation sites excluding steroid dienone is 1. The molecule has 10 nitrogen and oxygen atoms in total. The van der Waals surface area contributed by atoms with Gasteiger partial charge in [0.15, 0.2) is 0 Å². The molecular formula is C31H40F3N5O5S. The van der Waals surface area contributed by atoms with Crippen LogP contribution in [0, 0.1) is 13.8 Å². The molecule has 0 aliphatic carbocycles. The molecule has 0 unspecified atom stereocenters. The van der Waals surface area contributed by atoms with Gasteiger partial charge in [0, 0.05) is 49.1 Å². The third kappa shape index (κ3) is 8.28. The molecule has 2 aromatic heterocycles. The lowest BCUT2D eigenvalue weighted by molar-refractivity contribution is -0.146. The highest BCUT2D eigenvalue weighted by atomic mass is 32.2. The number of aromatic amines is 1. The largest absolute Gasteiger partial charge is 0.496 e. The van der Waals surface area contributed by atoms with E-state index < -0.39 is 34.2 Å². The van der Waals surface area contributed by atoms with Gasteiger partial charge in [0.2, 0.25) is 10.0 Å². The molecular weight excluding hydrogens is 611 g/mol. The van der Waals surface area contributed by atoms with E-state index in [1.54, 1.807) is 38.1 Å². The first-order chi connectivity index (χ1) is 21.2. The summed E-state index contributed by atoms with van der Waals surface area (Å²) in [6.45, 7) is 6.78. The topological polar surface area (TPSA) is 117 Å². The average molecular weight is 652 g/mol. The number of aromatic nitrogens is 2. The molecule has 246 valence electrons. The van der Waals surface area contributed by atoms with E-state index in [2.05, 4.69) is 16.9 Å². The lowest BCUT2D eigenvalue weighted by Crippen LogP contribution is -2.49. The Kier molecular flexibility index (Phi) is 10.7. The van der Waals surface area contributed by atoms with Gasteiger partial charge in [-0.25, -0.2) is 12.4 Å². The van der Waals surface area contributed by atoms with Crippen molar-refractivity contribution in [3.63, 3.8) is 0 Å². The molecule has 1 aliphatic rings. The molecule has 0 radical (unpaired) electrons. The predicted octanol–water partition coefficient (Wildman–Crippen LogP) is 4.49. The highest BCUT2D eigenvalue weighted by Gasteiger charge is 2.32. The highest BCUT2D eigenvalue weighted by Crippen LogP contribution is 2.33. The number of benzene rings is 1. The molecule has 1 saturated heterocycles. The second-order valence-electron chi connectivity index (χ2n) is 11.3. The Bertz CT molecular complexity index is 1710. The average Bonchev–Trinajstić information content (AvgIpc) is 3.32. The smallest absolute Gasteiger partial charge is 0.401 e. The number of halogens is 3. The van der Waals surface area contributed by atoms with E-state index in [1.165, 1.54) is 22.2 Å². The summed E-state index contributed by atoms with van der Waals surface area (Å²) in [6, 6.07) is 4.96. The SMILES string of the molecule is C=CCCCCCS(=O)(=O)n1cc(C)c2c(C(=O)NCc3c(OC)cc(C)[nH]c3=O)cc(N3CCN(CC(F)(F)F)CC3)cc21. The number of nitrogens with zero attached hydrogens (tertiary/aromatic N) is 3. The molecule has 0 atom stereocenters. The van der Waals surface area contributed by atoms with Crippen LogP contribution in [0.15, 0.2) is 41.8 Å². The Morgan fingerprint density at radius 3 is 2.47 bits per heavy atom. The van der Waals surface area contributed by atoms with Gasteiger partial charge in [-0.05, 0) is 56.9 Å². The number of anilines is 1. The Balaban J connectivity index is 1.71. The zero-order chi connectivity index (χ0) is 32.9. The van der Waals surface area contributed by atoms with Crippen molar-refractivity contribution < 1.29 is 31.1 Å². The Morgan fingerprint density at radius 1 is 1.11 bits per heavy atom. The molecule has 14 heteroatoms. The van der Waals surface area contributed by atoms with Crippen molar-refractivity contribution in [2.24, 2.45) is 0 Å². The van der Waals surface area contributed by atoms with Crippen LogP contribution in [-0.2, 0) is 16.6 Å². The maximum atomic E-state index is 13.8. The number of hydrogen-bond acceptors (Lipinski definition) is 7. The molecule has 1 fully saturated rings. The summed E-state index contributed by atoms with van der Waals surface area (Å²) >= 11 is 0. The van der Waals surface area contributed by atoms with Gasteiger partial charge in [0.1, 0.15) is 5.75 Å². The van der Waals surface area contributed by atoms with Gasteiger partial charge in [-0.3, -0.25) is 14.5 Å². The van der Waals surface area contributed by atoms with Gasteiger partial charge in [-0.2, -0.15) is 13.2 Å². The number of rotatable bonds is 13. The number of pyridine rings is 1. The third-order valence-electron chi connectivity index (χ3n) is 7.92. The number of nitrogens with one attached hydrogen (secondary N) is 2. The van der Waals surface area contributed by atoms with E-state index in [0.29, 0.717) is 46.4 Å². The molecule has 4 rings (SSSR count). The van der Waals surface area contributed by atoms with Crippen molar-refractivity contribution >= 4 is 32.5 Å². The Morgan fingerprint density at radius 2 is 1.82 bits per heavy atom. The number of unbranched alkanes of at least 4 members (excludes halogenated alkanes) is 3. The van der Waals surface area contributed by atoms with Crippen LogP contribution in [-0.4, -0.2) is 79.9 Å². The number of aryl methyl sites for hydroxylation is 2. The second kappa shape index (κ2) is 14.1. The van der Waals surface area contributed by atoms with Crippen LogP contribution in [0.4, 0.5) is 18.9 Å². The first-order valence-corrected chi connectivity index (χ1v) is 16.4. The van der Waals surface area contributed by atoms with Crippen molar-refractivity contribution in [3.8, 4) is 5.75 Å². The van der Waals surface area contributed by atoms with Crippen molar-refractivity contribution in [2.45, 2.75) is 52.3 Å². The van der Waals surface area contributed by atoms with Crippen molar-refractivity contribution in [1.29, 1.82) is 0 Å². The molecule has 0 bridgehead atoms. The molecule has 1 amide bonds. The Labute approximate surface area is 260 Å². The fraction of sp³-hybridized carbons (Fsp3) is 0.484. The lowest BCUT2D eigenvalue weighted by atomic mass is 10.0. The number of methoxy groups -OCH3 is 1. The summed E-state index contributed by atoms with van der Waals surface area (Å²) in [7, 11) is -2.38. The van der Waals surface area contributed by atoms with E-state index >= 15 is 0 Å². The van der Waals surface area contributed by atoms with Crippen LogP contribution in [0.2, 0.25) is 0 Å². The molecule has 3 heterocycles. The molecule has 1 aliphatic heterocycles. The molecule has 0 spiro atoms. The second-order valence-corrected chi connectivity index (χ2v) is 13.3. The number of carbonyl (C=O) groups is 1. The first kappa shape index (κ1) is 34.1. The van der Waals surface area contributed by atoms with Crippen LogP contribution >= 0.6 is 0 Å². The molecule has 45 heavy (non-hydrogen) atoms. The van der Waals surface area contributed by atoms with Crippen LogP contribution in [0.1, 0.15) is 52.9 Å². The number of fused-ring (bicyclic) bond motifs is 1. The van der Waals surface area contributed by atoms with Crippen LogP contribution in [0.5, 0.6) is 5.75 Å². The van der Waals surface area contributed by atoms with Crippen LogP contribution in [0.25, 0.3) is 10.9 Å². The number of hydrogen-bond donors (Lipinski definition) is 2. The van der Waals surface area contributed by atoms with E-state index in [0.717, 1.165) is 12.8 Å². The standard InChI is InChI=1S/C31H40F3N5O5S/c1-5-6-7-8-9-14-45(42,43)39-19-21(2)28-24(29(40)35-18-25-27(44-4)15-22(3)36-30(25)41)16-23(17-26(28)39)38-12-10-37(11-13-38)20-31(32,33)34/h5,15-17,19H,1,6-14,18,20H2,2-4H3,(H,35,40)(H,36,41). The zero-order valence-electron chi connectivity index (χ0n) is 25.8. The van der Waals surface area contributed by atoms with E-state index in [9.17, 15) is 31.2 Å². The summed E-state index contributed by atoms with van der Waals surface area (Å²) in [4.78, 5) is 32.2. The normalized spacial score (nSPS) is 14.6. The van der Waals surface area contributed by atoms with Gasteiger partial charge in [-0.1, -0.05) is 12.5 Å². The van der Waals surface area contributed by atoms with Crippen molar-refractivity contribution in [3.05, 3.63) is 69.8 Å².